The van der Waals surface area contributed by atoms with Crippen LogP contribution < -0.4 is 10.5 Å². The Labute approximate surface area is 125 Å². The molecule has 0 bridgehead atoms. The lowest BCUT2D eigenvalue weighted by Gasteiger charge is -2.11. The van der Waals surface area contributed by atoms with E-state index in [9.17, 15) is 8.42 Å². The van der Waals surface area contributed by atoms with Crippen molar-refractivity contribution in [3.05, 3.63) is 53.3 Å². The molecule has 5 nitrogen and oxygen atoms in total. The van der Waals surface area contributed by atoms with Gasteiger partial charge in [-0.2, -0.15) is 0 Å². The first kappa shape index (κ1) is 15.5. The van der Waals surface area contributed by atoms with Crippen LogP contribution in [0.2, 0.25) is 0 Å². The van der Waals surface area contributed by atoms with E-state index in [0.717, 1.165) is 17.7 Å². The lowest BCUT2D eigenvalue weighted by molar-refractivity contribution is 0.579. The summed E-state index contributed by atoms with van der Waals surface area (Å²) in [4.78, 5) is 4.48. The Morgan fingerprint density at radius 3 is 2.71 bits per heavy atom. The van der Waals surface area contributed by atoms with Crippen LogP contribution in [0.5, 0.6) is 0 Å². The highest BCUT2D eigenvalue weighted by Crippen LogP contribution is 2.18. The van der Waals surface area contributed by atoms with Crippen molar-refractivity contribution >= 4 is 15.7 Å². The molecule has 0 radical (unpaired) electrons. The van der Waals surface area contributed by atoms with E-state index in [1.807, 2.05) is 19.1 Å². The van der Waals surface area contributed by atoms with Gasteiger partial charge < -0.3 is 5.73 Å². The molecule has 0 spiro atoms. The molecule has 112 valence electrons. The third kappa shape index (κ3) is 3.59. The number of sulfonamides is 1. The van der Waals surface area contributed by atoms with E-state index in [4.69, 9.17) is 5.73 Å². The quantitative estimate of drug-likeness (QED) is 0.828. The van der Waals surface area contributed by atoms with Crippen LogP contribution in [0.25, 0.3) is 0 Å². The van der Waals surface area contributed by atoms with Gasteiger partial charge in [-0.05, 0) is 48.7 Å². The summed E-state index contributed by atoms with van der Waals surface area (Å²) in [5.41, 5.74) is 8.60. The zero-order valence-corrected chi connectivity index (χ0v) is 12.9. The Kier molecular flexibility index (Phi) is 4.59. The number of nitrogen functional groups attached to an aromatic ring is 1. The summed E-state index contributed by atoms with van der Waals surface area (Å²) in [6.07, 6.45) is 2.48. The molecule has 1 aromatic heterocycles. The van der Waals surface area contributed by atoms with Crippen molar-refractivity contribution in [3.8, 4) is 0 Å². The Bertz CT molecular complexity index is 742. The van der Waals surface area contributed by atoms with Crippen LogP contribution >= 0.6 is 0 Å². The number of aromatic nitrogens is 1. The molecule has 0 fully saturated rings. The molecule has 0 saturated heterocycles. The van der Waals surface area contributed by atoms with E-state index in [0.29, 0.717) is 11.3 Å². The minimum atomic E-state index is -3.58. The summed E-state index contributed by atoms with van der Waals surface area (Å²) in [7, 11) is -3.58. The van der Waals surface area contributed by atoms with Crippen LogP contribution in [-0.4, -0.2) is 13.4 Å². The Balaban J connectivity index is 2.22. The smallest absolute Gasteiger partial charge is 0.241 e. The summed E-state index contributed by atoms with van der Waals surface area (Å²) < 4.78 is 27.3. The van der Waals surface area contributed by atoms with Crippen LogP contribution in [-0.2, 0) is 23.0 Å². The van der Waals surface area contributed by atoms with Crippen molar-refractivity contribution in [2.24, 2.45) is 0 Å². The number of hydrogen-bond acceptors (Lipinski definition) is 4. The summed E-state index contributed by atoms with van der Waals surface area (Å²) in [6.45, 7) is 3.92. The normalized spacial score (nSPS) is 11.5. The largest absolute Gasteiger partial charge is 0.399 e. The van der Waals surface area contributed by atoms with Gasteiger partial charge >= 0.3 is 0 Å². The molecule has 1 heterocycles. The highest BCUT2D eigenvalue weighted by Gasteiger charge is 2.17. The molecule has 21 heavy (non-hydrogen) atoms. The second-order valence-corrected chi connectivity index (χ2v) is 6.55. The number of nitrogens with two attached hydrogens (primary N) is 1. The molecule has 2 rings (SSSR count). The third-order valence-corrected chi connectivity index (χ3v) is 4.85. The third-order valence-electron chi connectivity index (χ3n) is 3.28. The minimum absolute atomic E-state index is 0.177. The van der Waals surface area contributed by atoms with Gasteiger partial charge in [0.2, 0.25) is 10.0 Å². The maximum atomic E-state index is 12.4. The van der Waals surface area contributed by atoms with E-state index in [1.54, 1.807) is 25.3 Å². The van der Waals surface area contributed by atoms with Crippen molar-refractivity contribution in [1.82, 2.24) is 9.71 Å². The van der Waals surface area contributed by atoms with Gasteiger partial charge in [0.25, 0.3) is 0 Å². The molecule has 0 aliphatic heterocycles. The molecule has 3 N–H and O–H groups in total. The van der Waals surface area contributed by atoms with Crippen LogP contribution in [0.15, 0.2) is 41.4 Å². The summed E-state index contributed by atoms with van der Waals surface area (Å²) in [5, 5.41) is 0. The molecule has 0 unspecified atom stereocenters. The van der Waals surface area contributed by atoms with Gasteiger partial charge in [-0.15, -0.1) is 0 Å². The lowest BCUT2D eigenvalue weighted by atomic mass is 10.1. The molecule has 0 atom stereocenters. The molecule has 0 aliphatic rings. The monoisotopic (exact) mass is 305 g/mol. The Morgan fingerprint density at radius 2 is 2.05 bits per heavy atom. The van der Waals surface area contributed by atoms with Gasteiger partial charge in [0, 0.05) is 11.9 Å². The molecule has 1 aromatic carbocycles. The molecule has 0 aliphatic carbocycles. The van der Waals surface area contributed by atoms with Gasteiger partial charge in [-0.3, -0.25) is 4.98 Å². The average molecular weight is 305 g/mol. The summed E-state index contributed by atoms with van der Waals surface area (Å²) in [6, 6.07) is 8.55. The summed E-state index contributed by atoms with van der Waals surface area (Å²) in [5.74, 6) is 0. The molecule has 0 amide bonds. The number of anilines is 1. The number of rotatable bonds is 5. The SMILES string of the molecule is CCc1cccnc1CNS(=O)(=O)c1ccc(N)cc1C. The zero-order valence-electron chi connectivity index (χ0n) is 12.1. The van der Waals surface area contributed by atoms with Crippen LogP contribution in [0.3, 0.4) is 0 Å². The molecule has 6 heteroatoms. The highest BCUT2D eigenvalue weighted by molar-refractivity contribution is 7.89. The number of aryl methyl sites for hydroxylation is 2. The van der Waals surface area contributed by atoms with Crippen molar-refractivity contribution < 1.29 is 8.42 Å². The fourth-order valence-corrected chi connectivity index (χ4v) is 3.38. The van der Waals surface area contributed by atoms with Crippen LogP contribution in [0, 0.1) is 6.92 Å². The van der Waals surface area contributed by atoms with E-state index in [2.05, 4.69) is 9.71 Å². The average Bonchev–Trinajstić information content (AvgIpc) is 2.45. The molecular weight excluding hydrogens is 286 g/mol. The fraction of sp³-hybridized carbons (Fsp3) is 0.267. The number of hydrogen-bond donors (Lipinski definition) is 2. The number of pyridine rings is 1. The first-order valence-corrected chi connectivity index (χ1v) is 8.21. The van der Waals surface area contributed by atoms with Crippen molar-refractivity contribution in [2.75, 3.05) is 5.73 Å². The summed E-state index contributed by atoms with van der Waals surface area (Å²) >= 11 is 0. The first-order valence-electron chi connectivity index (χ1n) is 6.72. The lowest BCUT2D eigenvalue weighted by Crippen LogP contribution is -2.25. The topological polar surface area (TPSA) is 85.1 Å². The second kappa shape index (κ2) is 6.24. The molecule has 2 aromatic rings. The van der Waals surface area contributed by atoms with Crippen molar-refractivity contribution in [3.63, 3.8) is 0 Å². The predicted octanol–water partition coefficient (Wildman–Crippen LogP) is 2.01. The van der Waals surface area contributed by atoms with Gasteiger partial charge in [-0.1, -0.05) is 13.0 Å². The van der Waals surface area contributed by atoms with Crippen LogP contribution in [0.1, 0.15) is 23.7 Å². The van der Waals surface area contributed by atoms with E-state index >= 15 is 0 Å². The fourth-order valence-electron chi connectivity index (χ4n) is 2.17. The van der Waals surface area contributed by atoms with E-state index in [-0.39, 0.29) is 11.4 Å². The van der Waals surface area contributed by atoms with Crippen molar-refractivity contribution in [2.45, 2.75) is 31.7 Å². The van der Waals surface area contributed by atoms with Crippen LogP contribution in [0.4, 0.5) is 5.69 Å². The van der Waals surface area contributed by atoms with E-state index < -0.39 is 10.0 Å². The van der Waals surface area contributed by atoms with Gasteiger partial charge in [0.15, 0.2) is 0 Å². The van der Waals surface area contributed by atoms with Gasteiger partial charge in [0.1, 0.15) is 0 Å². The Morgan fingerprint density at radius 1 is 1.29 bits per heavy atom. The maximum Gasteiger partial charge on any atom is 0.241 e. The number of nitrogens with zero attached hydrogens (tertiary/aromatic N) is 1. The number of nitrogens with one attached hydrogen (secondary N) is 1. The first-order chi connectivity index (χ1) is 9.94. The minimum Gasteiger partial charge on any atom is -0.399 e. The maximum absolute atomic E-state index is 12.4. The van der Waals surface area contributed by atoms with Gasteiger partial charge in [-0.25, -0.2) is 13.1 Å². The standard InChI is InChI=1S/C15H19N3O2S/c1-3-12-5-4-8-17-14(12)10-18-21(19,20)15-7-6-13(16)9-11(15)2/h4-9,18H,3,10,16H2,1-2H3. The highest BCUT2D eigenvalue weighted by atomic mass is 32.2. The Hall–Kier alpha value is -1.92. The zero-order chi connectivity index (χ0) is 15.5. The van der Waals surface area contributed by atoms with E-state index in [1.165, 1.54) is 6.07 Å². The molecule has 0 saturated carbocycles. The van der Waals surface area contributed by atoms with Gasteiger partial charge in [0.05, 0.1) is 17.1 Å². The number of benzene rings is 1. The van der Waals surface area contributed by atoms with Crippen molar-refractivity contribution in [1.29, 1.82) is 0 Å². The second-order valence-electron chi connectivity index (χ2n) is 4.81. The predicted molar refractivity (Wildman–Crippen MR) is 83.2 cm³/mol. The molecular formula is C15H19N3O2S.